The SMILES string of the molecule is CCc1nn(C)cc1C(O)Cc1ccc2ccccc2n1. The van der Waals surface area contributed by atoms with Crippen LogP contribution in [0.25, 0.3) is 10.9 Å². The quantitative estimate of drug-likeness (QED) is 0.800. The van der Waals surface area contributed by atoms with Gasteiger partial charge >= 0.3 is 0 Å². The van der Waals surface area contributed by atoms with Gasteiger partial charge in [-0.2, -0.15) is 5.10 Å². The fourth-order valence-corrected chi connectivity index (χ4v) is 2.64. The Morgan fingerprint density at radius 3 is 2.81 bits per heavy atom. The van der Waals surface area contributed by atoms with Gasteiger partial charge in [0.25, 0.3) is 0 Å². The smallest absolute Gasteiger partial charge is 0.0878 e. The molecule has 1 unspecified atom stereocenters. The molecule has 0 aliphatic carbocycles. The number of hydrogen-bond acceptors (Lipinski definition) is 3. The first-order valence-electron chi connectivity index (χ1n) is 7.22. The number of fused-ring (bicyclic) bond motifs is 1. The normalized spacial score (nSPS) is 12.7. The van der Waals surface area contributed by atoms with Crippen molar-refractivity contribution < 1.29 is 5.11 Å². The highest BCUT2D eigenvalue weighted by Crippen LogP contribution is 2.22. The van der Waals surface area contributed by atoms with Crippen LogP contribution in [0.15, 0.2) is 42.6 Å². The number of rotatable bonds is 4. The van der Waals surface area contributed by atoms with Gasteiger partial charge in [-0.25, -0.2) is 0 Å². The lowest BCUT2D eigenvalue weighted by Crippen LogP contribution is -2.05. The topological polar surface area (TPSA) is 50.9 Å². The van der Waals surface area contributed by atoms with Crippen LogP contribution in [-0.4, -0.2) is 19.9 Å². The van der Waals surface area contributed by atoms with Gasteiger partial charge in [-0.3, -0.25) is 9.67 Å². The third-order valence-corrected chi connectivity index (χ3v) is 3.69. The molecule has 1 aromatic carbocycles. The zero-order valence-electron chi connectivity index (χ0n) is 12.3. The molecule has 0 fully saturated rings. The second kappa shape index (κ2) is 5.66. The molecule has 0 aliphatic heterocycles. The van der Waals surface area contributed by atoms with Gasteiger partial charge in [0.1, 0.15) is 0 Å². The number of benzene rings is 1. The summed E-state index contributed by atoms with van der Waals surface area (Å²) in [6.07, 6.45) is 2.65. The maximum absolute atomic E-state index is 10.5. The van der Waals surface area contributed by atoms with Crippen molar-refractivity contribution in [2.45, 2.75) is 25.9 Å². The zero-order chi connectivity index (χ0) is 14.8. The second-order valence-electron chi connectivity index (χ2n) is 5.27. The van der Waals surface area contributed by atoms with Crippen LogP contribution in [-0.2, 0) is 19.9 Å². The van der Waals surface area contributed by atoms with E-state index in [1.807, 2.05) is 56.6 Å². The molecule has 2 aromatic heterocycles. The average molecular weight is 281 g/mol. The predicted octanol–water partition coefficient (Wildman–Crippen LogP) is 2.81. The van der Waals surface area contributed by atoms with Gasteiger partial charge in [0.05, 0.1) is 17.3 Å². The number of aromatic nitrogens is 3. The van der Waals surface area contributed by atoms with Crippen LogP contribution in [0, 0.1) is 0 Å². The van der Waals surface area contributed by atoms with Crippen molar-refractivity contribution in [2.24, 2.45) is 7.05 Å². The third kappa shape index (κ3) is 2.81. The number of aliphatic hydroxyl groups excluding tert-OH is 1. The lowest BCUT2D eigenvalue weighted by molar-refractivity contribution is 0.176. The summed E-state index contributed by atoms with van der Waals surface area (Å²) in [6, 6.07) is 12.0. The summed E-state index contributed by atoms with van der Waals surface area (Å²) in [4.78, 5) is 4.62. The molecular formula is C17H19N3O. The molecule has 108 valence electrons. The second-order valence-corrected chi connectivity index (χ2v) is 5.27. The number of pyridine rings is 1. The molecule has 1 N–H and O–H groups in total. The van der Waals surface area contributed by atoms with Crippen LogP contribution < -0.4 is 0 Å². The lowest BCUT2D eigenvalue weighted by atomic mass is 10.0. The summed E-state index contributed by atoms with van der Waals surface area (Å²) in [6.45, 7) is 2.05. The maximum atomic E-state index is 10.5. The Balaban J connectivity index is 1.86. The number of aryl methyl sites for hydroxylation is 2. The van der Waals surface area contributed by atoms with Crippen LogP contribution >= 0.6 is 0 Å². The molecule has 0 spiro atoms. The molecular weight excluding hydrogens is 262 g/mol. The van der Waals surface area contributed by atoms with Crippen molar-refractivity contribution in [2.75, 3.05) is 0 Å². The van der Waals surface area contributed by atoms with Crippen molar-refractivity contribution in [3.63, 3.8) is 0 Å². The zero-order valence-corrected chi connectivity index (χ0v) is 12.3. The summed E-state index contributed by atoms with van der Waals surface area (Å²) in [5.74, 6) is 0. The molecule has 1 atom stereocenters. The molecule has 4 nitrogen and oxygen atoms in total. The van der Waals surface area contributed by atoms with Gasteiger partial charge < -0.3 is 5.11 Å². The summed E-state index contributed by atoms with van der Waals surface area (Å²) in [7, 11) is 1.88. The predicted molar refractivity (Wildman–Crippen MR) is 83.0 cm³/mol. The standard InChI is InChI=1S/C17H19N3O/c1-3-15-14(11-20(2)19-15)17(21)10-13-9-8-12-6-4-5-7-16(12)18-13/h4-9,11,17,21H,3,10H2,1-2H3. The Morgan fingerprint density at radius 2 is 2.00 bits per heavy atom. The molecule has 0 saturated carbocycles. The summed E-state index contributed by atoms with van der Waals surface area (Å²) >= 11 is 0. The summed E-state index contributed by atoms with van der Waals surface area (Å²) in [5, 5.41) is 16.0. The highest BCUT2D eigenvalue weighted by Gasteiger charge is 2.16. The van der Waals surface area contributed by atoms with E-state index >= 15 is 0 Å². The summed E-state index contributed by atoms with van der Waals surface area (Å²) < 4.78 is 1.76. The van der Waals surface area contributed by atoms with E-state index in [9.17, 15) is 5.11 Å². The van der Waals surface area contributed by atoms with E-state index < -0.39 is 6.10 Å². The third-order valence-electron chi connectivity index (χ3n) is 3.69. The molecule has 4 heteroatoms. The Kier molecular flexibility index (Phi) is 3.71. The van der Waals surface area contributed by atoms with Crippen molar-refractivity contribution in [3.8, 4) is 0 Å². The van der Waals surface area contributed by atoms with Crippen LogP contribution in [0.2, 0.25) is 0 Å². The van der Waals surface area contributed by atoms with E-state index in [4.69, 9.17) is 0 Å². The first-order chi connectivity index (χ1) is 10.2. The van der Waals surface area contributed by atoms with Crippen molar-refractivity contribution in [1.82, 2.24) is 14.8 Å². The van der Waals surface area contributed by atoms with E-state index in [-0.39, 0.29) is 0 Å². The van der Waals surface area contributed by atoms with E-state index in [1.165, 1.54) is 0 Å². The number of aliphatic hydroxyl groups is 1. The van der Waals surface area contributed by atoms with E-state index in [0.29, 0.717) is 6.42 Å². The molecule has 0 bridgehead atoms. The van der Waals surface area contributed by atoms with E-state index in [1.54, 1.807) is 4.68 Å². The lowest BCUT2D eigenvalue weighted by Gasteiger charge is -2.10. The van der Waals surface area contributed by atoms with Crippen LogP contribution in [0.1, 0.15) is 30.0 Å². The number of hydrogen-bond donors (Lipinski definition) is 1. The minimum absolute atomic E-state index is 0.503. The molecule has 3 rings (SSSR count). The van der Waals surface area contributed by atoms with Gasteiger partial charge in [0, 0.05) is 36.3 Å². The maximum Gasteiger partial charge on any atom is 0.0878 e. The Morgan fingerprint density at radius 1 is 1.19 bits per heavy atom. The molecule has 2 heterocycles. The minimum Gasteiger partial charge on any atom is -0.388 e. The Bertz CT molecular complexity index is 764. The van der Waals surface area contributed by atoms with Gasteiger partial charge in [0.2, 0.25) is 0 Å². The molecule has 0 aliphatic rings. The van der Waals surface area contributed by atoms with Crippen LogP contribution in [0.4, 0.5) is 0 Å². The van der Waals surface area contributed by atoms with Crippen LogP contribution in [0.3, 0.4) is 0 Å². The highest BCUT2D eigenvalue weighted by molar-refractivity contribution is 5.78. The summed E-state index contributed by atoms with van der Waals surface area (Å²) in [5.41, 5.74) is 3.71. The van der Waals surface area contributed by atoms with E-state index in [0.717, 1.165) is 34.3 Å². The largest absolute Gasteiger partial charge is 0.388 e. The molecule has 0 saturated heterocycles. The fourth-order valence-electron chi connectivity index (χ4n) is 2.64. The number of para-hydroxylation sites is 1. The molecule has 0 radical (unpaired) electrons. The minimum atomic E-state index is -0.567. The van der Waals surface area contributed by atoms with Gasteiger partial charge in [-0.1, -0.05) is 31.2 Å². The van der Waals surface area contributed by atoms with Gasteiger partial charge in [0.15, 0.2) is 0 Å². The average Bonchev–Trinajstić information content (AvgIpc) is 2.88. The first kappa shape index (κ1) is 13.8. The molecule has 0 amide bonds. The fraction of sp³-hybridized carbons (Fsp3) is 0.294. The Hall–Kier alpha value is -2.20. The first-order valence-corrected chi connectivity index (χ1v) is 7.22. The number of nitrogens with zero attached hydrogens (tertiary/aromatic N) is 3. The molecule has 21 heavy (non-hydrogen) atoms. The van der Waals surface area contributed by atoms with Crippen molar-refractivity contribution in [3.05, 3.63) is 59.5 Å². The highest BCUT2D eigenvalue weighted by atomic mass is 16.3. The van der Waals surface area contributed by atoms with Crippen molar-refractivity contribution in [1.29, 1.82) is 0 Å². The van der Waals surface area contributed by atoms with Crippen LogP contribution in [0.5, 0.6) is 0 Å². The Labute approximate surface area is 124 Å². The van der Waals surface area contributed by atoms with E-state index in [2.05, 4.69) is 10.1 Å². The van der Waals surface area contributed by atoms with Gasteiger partial charge in [-0.15, -0.1) is 0 Å². The molecule has 3 aromatic rings. The van der Waals surface area contributed by atoms with Crippen molar-refractivity contribution >= 4 is 10.9 Å². The van der Waals surface area contributed by atoms with Gasteiger partial charge in [-0.05, 0) is 18.6 Å². The monoisotopic (exact) mass is 281 g/mol.